The van der Waals surface area contributed by atoms with Crippen molar-refractivity contribution in [2.45, 2.75) is 296 Å². The third-order valence-corrected chi connectivity index (χ3v) is 21.6. The molecule has 17 heteroatoms. The van der Waals surface area contributed by atoms with Crippen LogP contribution in [-0.4, -0.2) is 102 Å². The monoisotopic (exact) mass is 1440 g/mol. The van der Waals surface area contributed by atoms with E-state index in [2.05, 4.69) is 172 Å². The lowest BCUT2D eigenvalue weighted by Crippen LogP contribution is -2.37. The van der Waals surface area contributed by atoms with E-state index in [4.69, 9.17) is 28.0 Å². The zero-order chi connectivity index (χ0) is 73.8. The summed E-state index contributed by atoms with van der Waals surface area (Å²) in [5, 5.41) is 10.4. The Labute approximate surface area is 620 Å². The number of alkyl carbamates (subject to hydrolysis) is 1. The van der Waals surface area contributed by atoms with Crippen molar-refractivity contribution in [3.8, 4) is 0 Å². The van der Waals surface area contributed by atoms with Crippen LogP contribution in [0.15, 0.2) is 109 Å². The number of amides is 2. The van der Waals surface area contributed by atoms with Crippen molar-refractivity contribution in [2.24, 2.45) is 0 Å². The molecule has 574 valence electrons. The normalized spacial score (nSPS) is 15.9. The summed E-state index contributed by atoms with van der Waals surface area (Å²) in [7, 11) is -2.73. The van der Waals surface area contributed by atoms with Crippen LogP contribution in [-0.2, 0) is 57.8 Å². The molecule has 0 spiro atoms. The van der Waals surface area contributed by atoms with Crippen molar-refractivity contribution in [1.82, 2.24) is 10.6 Å². The number of carbonyl (C=O) groups excluding carboxylic acids is 4. The van der Waals surface area contributed by atoms with Crippen LogP contribution >= 0.6 is 7.82 Å². The number of ether oxygens (including phenoxy) is 4. The van der Waals surface area contributed by atoms with Gasteiger partial charge >= 0.3 is 18.0 Å². The van der Waals surface area contributed by atoms with Gasteiger partial charge in [0, 0.05) is 73.8 Å². The average molecular weight is 1440 g/mol. The lowest BCUT2D eigenvalue weighted by molar-refractivity contribution is -0.228. The maximum Gasteiger partial charge on any atom is 0.407 e. The summed E-state index contributed by atoms with van der Waals surface area (Å²) in [6.45, 7) is 13.6. The van der Waals surface area contributed by atoms with Gasteiger partial charge in [0.2, 0.25) is 5.91 Å². The summed E-state index contributed by atoms with van der Waals surface area (Å²) in [4.78, 5) is 68.7. The molecule has 2 N–H and O–H groups in total. The molecule has 0 radical (unpaired) electrons. The molecule has 16 nitrogen and oxygen atoms in total. The number of hydrogen-bond donors (Lipinski definition) is 2. The van der Waals surface area contributed by atoms with E-state index in [0.29, 0.717) is 25.8 Å². The number of unbranched alkanes of at least 4 members (excludes halogenated alkanes) is 30. The second-order valence-electron chi connectivity index (χ2n) is 29.8. The molecule has 0 aromatic heterocycles. The van der Waals surface area contributed by atoms with Gasteiger partial charge in [0.05, 0.1) is 32.5 Å². The number of likely N-dealkylation sites (N-methyl/N-ethyl adjacent to an activating group) is 1. The molecule has 2 aliphatic heterocycles. The lowest BCUT2D eigenvalue weighted by atomic mass is 9.78. The molecule has 4 aromatic carbocycles. The largest absolute Gasteiger partial charge is 0.756 e. The molecule has 2 amide bonds. The topological polar surface area (TPSA) is 194 Å². The third-order valence-electron chi connectivity index (χ3n) is 20.7. The van der Waals surface area contributed by atoms with Gasteiger partial charge in [0.25, 0.3) is 7.82 Å². The van der Waals surface area contributed by atoms with Gasteiger partial charge in [-0.2, -0.15) is 0 Å². The van der Waals surface area contributed by atoms with E-state index >= 15 is 0 Å². The minimum absolute atomic E-state index is 0.0535. The third kappa shape index (κ3) is 31.1. The van der Waals surface area contributed by atoms with Gasteiger partial charge < -0.3 is 53.3 Å². The van der Waals surface area contributed by atoms with Crippen molar-refractivity contribution in [3.05, 3.63) is 120 Å². The summed E-state index contributed by atoms with van der Waals surface area (Å²) < 4.78 is 44.8. The molecule has 0 saturated heterocycles. The van der Waals surface area contributed by atoms with E-state index in [1.54, 1.807) is 0 Å². The molecule has 2 heterocycles. The minimum Gasteiger partial charge on any atom is -0.756 e. The van der Waals surface area contributed by atoms with Crippen LogP contribution in [0.2, 0.25) is 0 Å². The number of nitrogens with one attached hydrogen (secondary N) is 2. The van der Waals surface area contributed by atoms with E-state index in [1.165, 1.54) is 191 Å². The van der Waals surface area contributed by atoms with Crippen LogP contribution < -0.4 is 25.3 Å². The van der Waals surface area contributed by atoms with Gasteiger partial charge in [-0.05, 0) is 76.6 Å². The molecule has 3 atom stereocenters. The fourth-order valence-corrected chi connectivity index (χ4v) is 15.6. The van der Waals surface area contributed by atoms with Crippen LogP contribution in [0, 0.1) is 0 Å². The molecule has 103 heavy (non-hydrogen) atoms. The first kappa shape index (κ1) is 85.9. The van der Waals surface area contributed by atoms with Gasteiger partial charge in [0.1, 0.15) is 13.2 Å². The van der Waals surface area contributed by atoms with Crippen molar-refractivity contribution in [1.29, 1.82) is 0 Å². The Morgan fingerprint density at radius 1 is 0.515 bits per heavy atom. The Hall–Kier alpha value is -6.03. The number of benzene rings is 4. The number of esters is 2. The van der Waals surface area contributed by atoms with E-state index in [-0.39, 0.29) is 68.6 Å². The van der Waals surface area contributed by atoms with Gasteiger partial charge in [-0.3, -0.25) is 18.9 Å². The number of phosphoric ester groups is 1. The highest BCUT2D eigenvalue weighted by Crippen LogP contribution is 2.51. The van der Waals surface area contributed by atoms with E-state index in [0.717, 1.165) is 64.3 Å². The Morgan fingerprint density at radius 2 is 1.01 bits per heavy atom. The first-order valence-corrected chi connectivity index (χ1v) is 41.7. The van der Waals surface area contributed by atoms with Crippen LogP contribution in [0.5, 0.6) is 0 Å². The fraction of sp³-hybridized carbons (Fsp3) is 0.651. The first-order chi connectivity index (χ1) is 50.0. The second kappa shape index (κ2) is 49.0. The smallest absolute Gasteiger partial charge is 0.407 e. The first-order valence-electron chi connectivity index (χ1n) is 40.3. The summed E-state index contributed by atoms with van der Waals surface area (Å²) in [6, 6.07) is 26.5. The van der Waals surface area contributed by atoms with Gasteiger partial charge in [-0.15, -0.1) is 0 Å². The number of phosphoric acid groups is 1. The van der Waals surface area contributed by atoms with Gasteiger partial charge in [-0.1, -0.05) is 313 Å². The van der Waals surface area contributed by atoms with Crippen LogP contribution in [0.1, 0.15) is 284 Å². The molecule has 0 fully saturated rings. The molecular weight excluding hydrogens is 1310 g/mol. The molecule has 0 bridgehead atoms. The summed E-state index contributed by atoms with van der Waals surface area (Å²) in [6.07, 6.45) is 48.7. The number of carbonyl (C=O) groups is 4. The maximum atomic E-state index is 13.0. The molecule has 2 aliphatic rings. The van der Waals surface area contributed by atoms with Crippen molar-refractivity contribution >= 4 is 64.7 Å². The van der Waals surface area contributed by atoms with Crippen molar-refractivity contribution in [3.63, 3.8) is 0 Å². The Balaban J connectivity index is 0.825. The fourth-order valence-electron chi connectivity index (χ4n) is 14.9. The number of allylic oxidation sites excluding steroid dienone is 5. The van der Waals surface area contributed by atoms with Gasteiger partial charge in [0.15, 0.2) is 6.10 Å². The molecule has 4 aromatic rings. The van der Waals surface area contributed by atoms with E-state index < -0.39 is 45.2 Å². The summed E-state index contributed by atoms with van der Waals surface area (Å²) in [5.41, 5.74) is 6.17. The van der Waals surface area contributed by atoms with Crippen molar-refractivity contribution < 1.29 is 56.6 Å². The molecule has 0 saturated carbocycles. The number of fused-ring (bicyclic) bond motifs is 6. The molecule has 2 unspecified atom stereocenters. The zero-order valence-electron chi connectivity index (χ0n) is 64.5. The maximum absolute atomic E-state index is 13.0. The standard InChI is InChI=1S/C86H133N4O12P/c1-8-10-12-14-16-18-20-22-24-26-28-30-32-34-41-55-80(92)99-68-72(102-81(93)56-42-35-33-31-29-27-25-23-21-19-17-15-13-11-9-2)69-101-103(95,96)100-65-62-88-84(94)98-67-66-97-64-61-87-79(91)54-40-37-47-63-90-76-60-58-71-49-44-46-51-74(71)83(76)86(5,6)78(90)53-39-36-38-52-77-85(3,4)82-73-50-45-43-48-70(73)57-59-75(82)89(77)7/h36,38-39,43-46,48-53,57-60,72,77H,8-35,37,40-42,47,54-56,61-69H2,1-7H3,(H,87,91)(H,88,94)(H,95,96)/p-1/b39-36+,52-38+,78-53+/t72-,77?/m1/s1. The predicted molar refractivity (Wildman–Crippen MR) is 421 cm³/mol. The van der Waals surface area contributed by atoms with Crippen molar-refractivity contribution in [2.75, 3.05) is 76.1 Å². The zero-order valence-corrected chi connectivity index (χ0v) is 65.4. The Morgan fingerprint density at radius 3 is 1.58 bits per heavy atom. The quantitative estimate of drug-likeness (QED) is 0.0139. The average Bonchev–Trinajstić information content (AvgIpc) is 1.59. The van der Waals surface area contributed by atoms with Crippen LogP contribution in [0.25, 0.3) is 21.5 Å². The second-order valence-corrected chi connectivity index (χ2v) is 31.3. The van der Waals surface area contributed by atoms with E-state index in [9.17, 15) is 28.6 Å². The minimum atomic E-state index is -4.93. The van der Waals surface area contributed by atoms with Crippen LogP contribution in [0.3, 0.4) is 0 Å². The number of rotatable bonds is 57. The van der Waals surface area contributed by atoms with Gasteiger partial charge in [-0.25, -0.2) is 4.79 Å². The Bertz CT molecular complexity index is 3250. The van der Waals surface area contributed by atoms with E-state index in [1.807, 2.05) is 0 Å². The highest BCUT2D eigenvalue weighted by atomic mass is 31.2. The molecule has 0 aliphatic carbocycles. The molecular formula is C86H132N4O12P-. The number of anilines is 2. The lowest BCUT2D eigenvalue weighted by Gasteiger charge is -2.30. The van der Waals surface area contributed by atoms with Crippen LogP contribution in [0.4, 0.5) is 16.2 Å². The predicted octanol–water partition coefficient (Wildman–Crippen LogP) is 20.8. The highest BCUT2D eigenvalue weighted by Gasteiger charge is 2.43. The number of hydrogen-bond acceptors (Lipinski definition) is 14. The summed E-state index contributed by atoms with van der Waals surface area (Å²) in [5.74, 6) is -1.02. The summed E-state index contributed by atoms with van der Waals surface area (Å²) >= 11 is 0. The Kier molecular flexibility index (Phi) is 40.8. The SMILES string of the molecule is CCCCCCCCCCCCCCCCCC(=O)OC[C@H](COP(=O)([O-])OCCNC(=O)OCCOCCNC(=O)CCCCCN1/C(=C/C=C/C=C/C2N(C)c3ccc4ccccc4c3C2(C)C)C(C)(C)c2c1ccc1ccccc21)OC(=O)CCCCCCCCCCCCCCCCC. The molecule has 6 rings (SSSR count). The number of nitrogens with zero attached hydrogens (tertiary/aromatic N) is 2. The highest BCUT2D eigenvalue weighted by molar-refractivity contribution is 7.45.